The fourth-order valence-electron chi connectivity index (χ4n) is 5.16. The number of ketones is 1. The Labute approximate surface area is 360 Å². The Hall–Kier alpha value is -2.82. The first kappa shape index (κ1) is 45.6. The number of amides is 1. The van der Waals surface area contributed by atoms with E-state index in [1.54, 1.807) is 0 Å². The molecule has 2 atom stereocenters. The number of nitrogens with one attached hydrogen (secondary N) is 2. The highest BCUT2D eigenvalue weighted by Crippen LogP contribution is 2.23. The van der Waals surface area contributed by atoms with Crippen LogP contribution in [-0.4, -0.2) is 54.3 Å². The van der Waals surface area contributed by atoms with Crippen LogP contribution in [0.4, 0.5) is 0 Å². The van der Waals surface area contributed by atoms with E-state index in [4.69, 9.17) is 39.8 Å². The predicted octanol–water partition coefficient (Wildman–Crippen LogP) is 9.88. The summed E-state index contributed by atoms with van der Waals surface area (Å²) in [5.41, 5.74) is 4.74. The molecule has 0 aliphatic rings. The van der Waals surface area contributed by atoms with Gasteiger partial charge in [0.15, 0.2) is 5.78 Å². The molecule has 288 valence electrons. The smallest absolute Gasteiger partial charge is 0.221 e. The number of Topliss-reactive ketones (excluding diaryl/α,β-unsaturated/α-hetero) is 1. The van der Waals surface area contributed by atoms with Crippen LogP contribution in [0.1, 0.15) is 73.6 Å². The minimum atomic E-state index is -0.305. The number of nitrogens with zero attached hydrogens (tertiary/aromatic N) is 4. The number of hydrogen-bond donors (Lipinski definition) is 2. The largest absolute Gasteiger partial charge is 0.346 e. The standard InChI is InChI=1S/C20H20IN3O.C16H19ClIN3O.C4H6Cl2O/c1-14(22-12-19(25)16-6-4-3-5-7-16)20-23-18(13-24(20)2)15-8-10-17(21)11-9-15;1-11(19-15(22)4-3-9-17)16-20-14(10-21(16)2)12-5-7-13(18)8-6-12;5-3-1-2-4(6)7/h3-11,13-14,22H,12H2,1-2H3;5-8,10-11H,3-4,9H2,1-2H3,(H,19,22);1-3H2/t14-;11-;/m11./s1. The summed E-state index contributed by atoms with van der Waals surface area (Å²) in [6, 6.07) is 25.7. The van der Waals surface area contributed by atoms with Crippen molar-refractivity contribution in [3.8, 4) is 22.5 Å². The number of hydrogen-bond acceptors (Lipinski definition) is 6. The molecule has 2 N–H and O–H groups in total. The number of halogens is 5. The highest BCUT2D eigenvalue weighted by molar-refractivity contribution is 14.1. The zero-order valence-corrected chi connectivity index (χ0v) is 37.3. The molecule has 2 aromatic heterocycles. The van der Waals surface area contributed by atoms with E-state index >= 15 is 0 Å². The van der Waals surface area contributed by atoms with Gasteiger partial charge in [0.25, 0.3) is 0 Å². The summed E-state index contributed by atoms with van der Waals surface area (Å²) < 4.78 is 6.36. The van der Waals surface area contributed by atoms with Gasteiger partial charge >= 0.3 is 0 Å². The van der Waals surface area contributed by atoms with Gasteiger partial charge in [-0.05, 0) is 108 Å². The first-order valence-electron chi connectivity index (χ1n) is 17.3. The molecule has 14 heteroatoms. The number of rotatable bonds is 15. The van der Waals surface area contributed by atoms with Gasteiger partial charge in [-0.1, -0.05) is 54.6 Å². The molecule has 0 fully saturated rings. The lowest BCUT2D eigenvalue weighted by Crippen LogP contribution is -2.28. The maximum Gasteiger partial charge on any atom is 0.221 e. The van der Waals surface area contributed by atoms with Crippen LogP contribution in [0.2, 0.25) is 0 Å². The lowest BCUT2D eigenvalue weighted by Gasteiger charge is -2.13. The predicted molar refractivity (Wildman–Crippen MR) is 237 cm³/mol. The Bertz CT molecular complexity index is 1920. The molecule has 0 unspecified atom stereocenters. The van der Waals surface area contributed by atoms with Crippen molar-refractivity contribution in [1.29, 1.82) is 0 Å². The average Bonchev–Trinajstić information content (AvgIpc) is 3.75. The van der Waals surface area contributed by atoms with Crippen molar-refractivity contribution >= 4 is 96.9 Å². The van der Waals surface area contributed by atoms with E-state index in [-0.39, 0.29) is 35.6 Å². The minimum Gasteiger partial charge on any atom is -0.346 e. The van der Waals surface area contributed by atoms with Crippen LogP contribution in [0.25, 0.3) is 22.5 Å². The normalized spacial score (nSPS) is 11.7. The molecule has 0 spiro atoms. The Kier molecular flexibility index (Phi) is 20.2. The molecule has 1 amide bonds. The van der Waals surface area contributed by atoms with Crippen LogP contribution in [0.3, 0.4) is 0 Å². The number of carbonyl (C=O) groups excluding carboxylic acids is 3. The van der Waals surface area contributed by atoms with Gasteiger partial charge < -0.3 is 19.8 Å². The quantitative estimate of drug-likeness (QED) is 0.0468. The summed E-state index contributed by atoms with van der Waals surface area (Å²) in [5, 5.41) is 5.94. The summed E-state index contributed by atoms with van der Waals surface area (Å²) in [6.45, 7) is 4.26. The van der Waals surface area contributed by atoms with E-state index in [0.29, 0.717) is 37.4 Å². The van der Waals surface area contributed by atoms with Crippen molar-refractivity contribution in [2.45, 2.75) is 51.6 Å². The van der Waals surface area contributed by atoms with Gasteiger partial charge in [-0.2, -0.15) is 0 Å². The van der Waals surface area contributed by atoms with Crippen molar-refractivity contribution in [1.82, 2.24) is 29.7 Å². The van der Waals surface area contributed by atoms with E-state index in [0.717, 1.165) is 39.7 Å². The summed E-state index contributed by atoms with van der Waals surface area (Å²) in [7, 11) is 3.93. The number of benzene rings is 3. The van der Waals surface area contributed by atoms with Crippen molar-refractivity contribution in [2.75, 3.05) is 18.3 Å². The lowest BCUT2D eigenvalue weighted by molar-refractivity contribution is -0.121. The molecule has 0 aliphatic heterocycles. The first-order chi connectivity index (χ1) is 25.8. The molecule has 2 heterocycles. The fourth-order valence-corrected chi connectivity index (χ4v) is 6.28. The molecular formula is C40H45Cl3I2N6O3. The van der Waals surface area contributed by atoms with Gasteiger partial charge in [-0.15, -0.1) is 23.2 Å². The number of carbonyl (C=O) groups is 3. The molecule has 0 saturated heterocycles. The topological polar surface area (TPSA) is 111 Å². The van der Waals surface area contributed by atoms with Gasteiger partial charge in [0.1, 0.15) is 11.6 Å². The SMILES string of the molecule is C[C@@H](NC(=O)CCCCl)c1nc(-c2ccc(I)cc2)cn1C.C[C@@H](NCC(=O)c1ccccc1)c1nc(-c2ccc(I)cc2)cn1C.O=C(Cl)CCCCl. The minimum absolute atomic E-state index is 0.00645. The second-order valence-corrected chi connectivity index (χ2v) is 16.0. The molecular weight excluding hydrogens is 973 g/mol. The van der Waals surface area contributed by atoms with Gasteiger partial charge in [0.05, 0.1) is 30.0 Å². The van der Waals surface area contributed by atoms with E-state index in [1.165, 1.54) is 7.14 Å². The molecule has 3 aromatic carbocycles. The maximum atomic E-state index is 12.2. The van der Waals surface area contributed by atoms with Crippen LogP contribution in [-0.2, 0) is 23.7 Å². The first-order valence-corrected chi connectivity index (χ1v) is 20.9. The third-order valence-electron chi connectivity index (χ3n) is 7.97. The van der Waals surface area contributed by atoms with E-state index < -0.39 is 0 Å². The van der Waals surface area contributed by atoms with Crippen LogP contribution in [0.15, 0.2) is 91.3 Å². The number of imidazole rings is 2. The van der Waals surface area contributed by atoms with Crippen molar-refractivity contribution in [2.24, 2.45) is 14.1 Å². The third-order valence-corrected chi connectivity index (χ3v) is 10.1. The molecule has 54 heavy (non-hydrogen) atoms. The monoisotopic (exact) mass is 1020 g/mol. The number of alkyl halides is 2. The Morgan fingerprint density at radius 1 is 0.704 bits per heavy atom. The second-order valence-electron chi connectivity index (χ2n) is 12.3. The Balaban J connectivity index is 0.000000249. The van der Waals surface area contributed by atoms with Crippen LogP contribution >= 0.6 is 80.0 Å². The third kappa shape index (κ3) is 15.4. The Morgan fingerprint density at radius 2 is 1.17 bits per heavy atom. The molecule has 9 nitrogen and oxygen atoms in total. The average molecular weight is 1020 g/mol. The van der Waals surface area contributed by atoms with Crippen molar-refractivity contribution < 1.29 is 14.4 Å². The van der Waals surface area contributed by atoms with Crippen LogP contribution < -0.4 is 10.6 Å². The fraction of sp³-hybridized carbons (Fsp3) is 0.325. The van der Waals surface area contributed by atoms with Gasteiger partial charge in [-0.25, -0.2) is 9.97 Å². The summed E-state index contributed by atoms with van der Waals surface area (Å²) >= 11 is 20.4. The molecule has 5 aromatic rings. The summed E-state index contributed by atoms with van der Waals surface area (Å²) in [5.74, 6) is 2.85. The van der Waals surface area contributed by atoms with Gasteiger partial charge in [-0.3, -0.25) is 14.4 Å². The summed E-state index contributed by atoms with van der Waals surface area (Å²) in [6.07, 6.45) is 6.22. The molecule has 0 bridgehead atoms. The molecule has 0 aliphatic carbocycles. The second kappa shape index (κ2) is 24.0. The number of aryl methyl sites for hydroxylation is 2. The lowest BCUT2D eigenvalue weighted by atomic mass is 10.1. The van der Waals surface area contributed by atoms with Gasteiger partial charge in [0, 0.05) is 74.9 Å². The highest BCUT2D eigenvalue weighted by atomic mass is 127. The zero-order chi connectivity index (χ0) is 39.6. The zero-order valence-electron chi connectivity index (χ0n) is 30.7. The molecule has 0 radical (unpaired) electrons. The summed E-state index contributed by atoms with van der Waals surface area (Å²) in [4.78, 5) is 43.4. The number of aromatic nitrogens is 4. The van der Waals surface area contributed by atoms with Gasteiger partial charge in [0.2, 0.25) is 11.1 Å². The van der Waals surface area contributed by atoms with Crippen LogP contribution in [0.5, 0.6) is 0 Å². The van der Waals surface area contributed by atoms with E-state index in [2.05, 4.69) is 109 Å². The van der Waals surface area contributed by atoms with E-state index in [9.17, 15) is 14.4 Å². The van der Waals surface area contributed by atoms with Crippen LogP contribution in [0, 0.1) is 7.14 Å². The molecule has 0 saturated carbocycles. The highest BCUT2D eigenvalue weighted by Gasteiger charge is 2.17. The molecule has 5 rings (SSSR count). The van der Waals surface area contributed by atoms with E-state index in [1.807, 2.05) is 79.8 Å². The van der Waals surface area contributed by atoms with Crippen molar-refractivity contribution in [3.63, 3.8) is 0 Å². The van der Waals surface area contributed by atoms with Crippen molar-refractivity contribution in [3.05, 3.63) is 116 Å². The Morgan fingerprint density at radius 3 is 1.61 bits per heavy atom. The maximum absolute atomic E-state index is 12.2.